The molecule has 0 aromatic heterocycles. The molecule has 7 heteroatoms. The van der Waals surface area contributed by atoms with Crippen molar-refractivity contribution in [1.82, 2.24) is 0 Å². The molecule has 1 saturated heterocycles. The number of anilines is 2. The molecule has 1 aliphatic rings. The highest BCUT2D eigenvalue weighted by molar-refractivity contribution is 7.85. The fourth-order valence-electron chi connectivity index (χ4n) is 2.10. The van der Waals surface area contributed by atoms with Gasteiger partial charge in [-0.15, -0.1) is 0 Å². The van der Waals surface area contributed by atoms with Crippen LogP contribution in [0.2, 0.25) is 0 Å². The van der Waals surface area contributed by atoms with Crippen LogP contribution >= 0.6 is 0 Å². The summed E-state index contributed by atoms with van der Waals surface area (Å²) in [6, 6.07) is 15.8. The summed E-state index contributed by atoms with van der Waals surface area (Å²) in [6.45, 7) is 3.75. The summed E-state index contributed by atoms with van der Waals surface area (Å²) in [6.07, 6.45) is 0. The zero-order chi connectivity index (χ0) is 16.7. The average molecular weight is 336 g/mol. The first-order valence-electron chi connectivity index (χ1n) is 7.17. The number of nitrogens with two attached hydrogens (primary N) is 1. The summed E-state index contributed by atoms with van der Waals surface area (Å²) in [4.78, 5) is 2.20. The second-order valence-corrected chi connectivity index (χ2v) is 6.40. The van der Waals surface area contributed by atoms with Gasteiger partial charge in [-0.3, -0.25) is 4.55 Å². The Morgan fingerprint density at radius 1 is 0.957 bits per heavy atom. The van der Waals surface area contributed by atoms with Crippen molar-refractivity contribution in [2.45, 2.75) is 4.90 Å². The molecule has 1 aliphatic heterocycles. The Hall–Kier alpha value is -2.09. The van der Waals surface area contributed by atoms with Crippen LogP contribution in [0.15, 0.2) is 59.5 Å². The van der Waals surface area contributed by atoms with Crippen molar-refractivity contribution >= 4 is 21.5 Å². The zero-order valence-electron chi connectivity index (χ0n) is 12.6. The smallest absolute Gasteiger partial charge is 0.294 e. The van der Waals surface area contributed by atoms with Gasteiger partial charge < -0.3 is 15.4 Å². The Morgan fingerprint density at radius 3 is 2.04 bits per heavy atom. The van der Waals surface area contributed by atoms with Crippen molar-refractivity contribution in [2.75, 3.05) is 36.9 Å². The SMILES string of the molecule is Nc1ccc(S(=O)(=O)O)cc1.c1ccc(N2CCOCC2)cc1. The van der Waals surface area contributed by atoms with Gasteiger partial charge in [0.15, 0.2) is 0 Å². The highest BCUT2D eigenvalue weighted by Gasteiger charge is 2.09. The minimum absolute atomic E-state index is 0.147. The fraction of sp³-hybridized carbons (Fsp3) is 0.250. The van der Waals surface area contributed by atoms with Crippen LogP contribution < -0.4 is 10.6 Å². The van der Waals surface area contributed by atoms with Crippen LogP contribution in [0, 0.1) is 0 Å². The number of nitrogens with zero attached hydrogens (tertiary/aromatic N) is 1. The van der Waals surface area contributed by atoms with Gasteiger partial charge in [0, 0.05) is 24.5 Å². The predicted molar refractivity (Wildman–Crippen MR) is 90.1 cm³/mol. The van der Waals surface area contributed by atoms with Crippen molar-refractivity contribution in [3.05, 3.63) is 54.6 Å². The van der Waals surface area contributed by atoms with Crippen LogP contribution in [0.25, 0.3) is 0 Å². The molecule has 2 aromatic rings. The van der Waals surface area contributed by atoms with Gasteiger partial charge in [0.1, 0.15) is 0 Å². The number of ether oxygens (including phenoxy) is 1. The first kappa shape index (κ1) is 17.3. The van der Waals surface area contributed by atoms with Crippen LogP contribution in [0.1, 0.15) is 0 Å². The molecule has 3 N–H and O–H groups in total. The lowest BCUT2D eigenvalue weighted by atomic mass is 10.3. The quantitative estimate of drug-likeness (QED) is 0.644. The van der Waals surface area contributed by atoms with Gasteiger partial charge in [0.2, 0.25) is 0 Å². The van der Waals surface area contributed by atoms with Crippen LogP contribution in [0.5, 0.6) is 0 Å². The molecule has 0 bridgehead atoms. The predicted octanol–water partition coefficient (Wildman–Crippen LogP) is 2.04. The maximum atomic E-state index is 10.5. The molecular weight excluding hydrogens is 316 g/mol. The Labute approximate surface area is 136 Å². The summed E-state index contributed by atoms with van der Waals surface area (Å²) in [5.41, 5.74) is 7.06. The number of benzene rings is 2. The molecule has 0 aliphatic carbocycles. The molecule has 0 saturated carbocycles. The Kier molecular flexibility index (Phi) is 5.97. The number of rotatable bonds is 2. The molecule has 2 aromatic carbocycles. The Bertz CT molecular complexity index is 697. The first-order chi connectivity index (χ1) is 11.0. The van der Waals surface area contributed by atoms with Crippen molar-refractivity contribution in [3.63, 3.8) is 0 Å². The molecule has 1 heterocycles. The summed E-state index contributed by atoms with van der Waals surface area (Å²) in [7, 11) is -4.08. The minimum atomic E-state index is -4.08. The molecule has 0 unspecified atom stereocenters. The van der Waals surface area contributed by atoms with Gasteiger partial charge in [-0.25, -0.2) is 0 Å². The summed E-state index contributed by atoms with van der Waals surface area (Å²) >= 11 is 0. The van der Waals surface area contributed by atoms with Crippen LogP contribution in [0.3, 0.4) is 0 Å². The first-order valence-corrected chi connectivity index (χ1v) is 8.61. The normalized spacial score (nSPS) is 14.7. The van der Waals surface area contributed by atoms with E-state index in [1.807, 2.05) is 6.07 Å². The second-order valence-electron chi connectivity index (χ2n) is 4.98. The van der Waals surface area contributed by atoms with E-state index in [0.717, 1.165) is 26.3 Å². The molecule has 6 nitrogen and oxygen atoms in total. The van der Waals surface area contributed by atoms with Gasteiger partial charge in [0.05, 0.1) is 18.1 Å². The molecule has 23 heavy (non-hydrogen) atoms. The van der Waals surface area contributed by atoms with Crippen molar-refractivity contribution in [2.24, 2.45) is 0 Å². The Morgan fingerprint density at radius 2 is 1.52 bits per heavy atom. The number of hydrogen-bond donors (Lipinski definition) is 2. The zero-order valence-corrected chi connectivity index (χ0v) is 13.4. The topological polar surface area (TPSA) is 92.9 Å². The summed E-state index contributed by atoms with van der Waals surface area (Å²) < 4.78 is 34.7. The molecule has 3 rings (SSSR count). The largest absolute Gasteiger partial charge is 0.399 e. The molecular formula is C16H20N2O4S. The van der Waals surface area contributed by atoms with Crippen molar-refractivity contribution in [3.8, 4) is 0 Å². The third-order valence-electron chi connectivity index (χ3n) is 3.31. The van der Waals surface area contributed by atoms with Crippen molar-refractivity contribution in [1.29, 1.82) is 0 Å². The lowest BCUT2D eigenvalue weighted by Gasteiger charge is -2.28. The van der Waals surface area contributed by atoms with E-state index in [1.165, 1.54) is 30.0 Å². The Balaban J connectivity index is 0.000000168. The molecule has 1 fully saturated rings. The highest BCUT2D eigenvalue weighted by Crippen LogP contribution is 2.14. The van der Waals surface area contributed by atoms with Crippen LogP contribution in [-0.4, -0.2) is 39.3 Å². The summed E-state index contributed by atoms with van der Waals surface area (Å²) in [5.74, 6) is 0. The van der Waals surface area contributed by atoms with E-state index in [1.54, 1.807) is 0 Å². The van der Waals surface area contributed by atoms with Crippen molar-refractivity contribution < 1.29 is 17.7 Å². The van der Waals surface area contributed by atoms with Gasteiger partial charge in [-0.2, -0.15) is 8.42 Å². The highest BCUT2D eigenvalue weighted by atomic mass is 32.2. The maximum Gasteiger partial charge on any atom is 0.294 e. The maximum absolute atomic E-state index is 10.5. The number of hydrogen-bond acceptors (Lipinski definition) is 5. The lowest BCUT2D eigenvalue weighted by Crippen LogP contribution is -2.36. The average Bonchev–Trinajstić information content (AvgIpc) is 2.57. The van der Waals surface area contributed by atoms with Gasteiger partial charge in [-0.1, -0.05) is 18.2 Å². The van der Waals surface area contributed by atoms with E-state index in [9.17, 15) is 8.42 Å². The van der Waals surface area contributed by atoms with E-state index in [2.05, 4.69) is 29.2 Å². The van der Waals surface area contributed by atoms with E-state index in [4.69, 9.17) is 15.0 Å². The van der Waals surface area contributed by atoms with Gasteiger partial charge in [-0.05, 0) is 36.4 Å². The van der Waals surface area contributed by atoms with E-state index >= 15 is 0 Å². The van der Waals surface area contributed by atoms with Crippen LogP contribution in [0.4, 0.5) is 11.4 Å². The molecule has 0 atom stereocenters. The third-order valence-corrected chi connectivity index (χ3v) is 4.18. The van der Waals surface area contributed by atoms with Crippen LogP contribution in [-0.2, 0) is 14.9 Å². The van der Waals surface area contributed by atoms with Gasteiger partial charge >= 0.3 is 0 Å². The molecule has 0 spiro atoms. The second kappa shape index (κ2) is 7.96. The molecule has 124 valence electrons. The monoisotopic (exact) mass is 336 g/mol. The van der Waals surface area contributed by atoms with Gasteiger partial charge in [0.25, 0.3) is 10.1 Å². The lowest BCUT2D eigenvalue weighted by molar-refractivity contribution is 0.122. The van der Waals surface area contributed by atoms with E-state index in [-0.39, 0.29) is 4.90 Å². The van der Waals surface area contributed by atoms with E-state index in [0.29, 0.717) is 5.69 Å². The minimum Gasteiger partial charge on any atom is -0.399 e. The molecule has 0 radical (unpaired) electrons. The third kappa shape index (κ3) is 5.55. The number of nitrogen functional groups attached to an aromatic ring is 1. The number of morpholine rings is 1. The summed E-state index contributed by atoms with van der Waals surface area (Å²) in [5, 5.41) is 0. The van der Waals surface area contributed by atoms with E-state index < -0.39 is 10.1 Å². The standard InChI is InChI=1S/C10H13NO.C6H7NO3S/c1-2-4-10(5-3-1)11-6-8-12-9-7-11;7-5-1-3-6(4-2-5)11(8,9)10/h1-5H,6-9H2;1-4H,7H2,(H,8,9,10). The fourth-order valence-corrected chi connectivity index (χ4v) is 2.58. The molecule has 0 amide bonds. The number of para-hydroxylation sites is 1.